The summed E-state index contributed by atoms with van der Waals surface area (Å²) in [4.78, 5) is 0. The minimum absolute atomic E-state index is 0.509. The molecule has 0 saturated carbocycles. The molecular weight excluding hydrogens is 274 g/mol. The van der Waals surface area contributed by atoms with Crippen LogP contribution in [-0.4, -0.2) is 56.3 Å². The SMILES string of the molecule is CCN(CC1CCNCC1)S(=O)(=O)N1CCC(C)CC1. The molecule has 0 aliphatic carbocycles. The van der Waals surface area contributed by atoms with Gasteiger partial charge in [-0.3, -0.25) is 0 Å². The van der Waals surface area contributed by atoms with Gasteiger partial charge in [0.15, 0.2) is 0 Å². The third kappa shape index (κ3) is 3.93. The molecule has 20 heavy (non-hydrogen) atoms. The van der Waals surface area contributed by atoms with E-state index < -0.39 is 10.2 Å². The first-order valence-corrected chi connectivity index (χ1v) is 9.39. The molecule has 2 rings (SSSR count). The molecule has 0 aromatic heterocycles. The van der Waals surface area contributed by atoms with Gasteiger partial charge < -0.3 is 5.32 Å². The summed E-state index contributed by atoms with van der Waals surface area (Å²) in [5.41, 5.74) is 0. The Balaban J connectivity index is 1.97. The first-order chi connectivity index (χ1) is 9.54. The van der Waals surface area contributed by atoms with E-state index in [1.807, 2.05) is 6.92 Å². The van der Waals surface area contributed by atoms with Crippen LogP contribution in [0.15, 0.2) is 0 Å². The Labute approximate surface area is 123 Å². The highest BCUT2D eigenvalue weighted by molar-refractivity contribution is 7.86. The molecule has 118 valence electrons. The van der Waals surface area contributed by atoms with Gasteiger partial charge in [0, 0.05) is 26.2 Å². The number of hydrogen-bond acceptors (Lipinski definition) is 3. The van der Waals surface area contributed by atoms with Crippen LogP contribution in [0.1, 0.15) is 39.5 Å². The van der Waals surface area contributed by atoms with Crippen LogP contribution in [0.5, 0.6) is 0 Å². The van der Waals surface area contributed by atoms with Crippen LogP contribution in [0.3, 0.4) is 0 Å². The molecule has 0 atom stereocenters. The molecule has 0 spiro atoms. The average molecular weight is 303 g/mol. The first kappa shape index (κ1) is 16.2. The van der Waals surface area contributed by atoms with Gasteiger partial charge in [-0.1, -0.05) is 13.8 Å². The third-order valence-corrected chi connectivity index (χ3v) is 6.75. The van der Waals surface area contributed by atoms with Crippen LogP contribution in [-0.2, 0) is 10.2 Å². The fraction of sp³-hybridized carbons (Fsp3) is 1.00. The maximum atomic E-state index is 12.7. The molecule has 2 heterocycles. The molecule has 0 unspecified atom stereocenters. The van der Waals surface area contributed by atoms with Gasteiger partial charge in [-0.05, 0) is 50.6 Å². The Kier molecular flexibility index (Phi) is 5.84. The van der Waals surface area contributed by atoms with Crippen LogP contribution in [0.2, 0.25) is 0 Å². The summed E-state index contributed by atoms with van der Waals surface area (Å²) < 4.78 is 28.9. The van der Waals surface area contributed by atoms with E-state index >= 15 is 0 Å². The van der Waals surface area contributed by atoms with Gasteiger partial charge in [0.2, 0.25) is 0 Å². The number of nitrogens with zero attached hydrogens (tertiary/aromatic N) is 2. The quantitative estimate of drug-likeness (QED) is 0.832. The first-order valence-electron chi connectivity index (χ1n) is 8.00. The predicted molar refractivity (Wildman–Crippen MR) is 81.7 cm³/mol. The molecule has 5 nitrogen and oxygen atoms in total. The molecule has 2 fully saturated rings. The lowest BCUT2D eigenvalue weighted by molar-refractivity contribution is 0.245. The fourth-order valence-electron chi connectivity index (χ4n) is 3.12. The molecule has 0 bridgehead atoms. The number of piperidine rings is 2. The second-order valence-electron chi connectivity index (χ2n) is 6.23. The van der Waals surface area contributed by atoms with Gasteiger partial charge in [-0.25, -0.2) is 0 Å². The van der Waals surface area contributed by atoms with Gasteiger partial charge in [0.05, 0.1) is 0 Å². The number of hydrogen-bond donors (Lipinski definition) is 1. The molecule has 6 heteroatoms. The highest BCUT2D eigenvalue weighted by Gasteiger charge is 2.32. The van der Waals surface area contributed by atoms with E-state index in [-0.39, 0.29) is 0 Å². The third-order valence-electron chi connectivity index (χ3n) is 4.67. The Bertz CT molecular complexity index is 385. The summed E-state index contributed by atoms with van der Waals surface area (Å²) in [6.45, 7) is 8.83. The average Bonchev–Trinajstić information content (AvgIpc) is 2.46. The minimum atomic E-state index is -3.25. The van der Waals surface area contributed by atoms with Crippen molar-refractivity contribution < 1.29 is 8.42 Å². The maximum Gasteiger partial charge on any atom is 0.281 e. The molecular formula is C14H29N3O2S. The Morgan fingerprint density at radius 2 is 1.75 bits per heavy atom. The zero-order valence-electron chi connectivity index (χ0n) is 12.8. The fourth-order valence-corrected chi connectivity index (χ4v) is 4.84. The Hall–Kier alpha value is -0.170. The summed E-state index contributed by atoms with van der Waals surface area (Å²) in [7, 11) is -3.25. The number of rotatable bonds is 5. The Morgan fingerprint density at radius 1 is 1.15 bits per heavy atom. The van der Waals surface area contributed by atoms with Crippen LogP contribution >= 0.6 is 0 Å². The lowest BCUT2D eigenvalue weighted by Crippen LogP contribution is -2.49. The summed E-state index contributed by atoms with van der Waals surface area (Å²) >= 11 is 0. The van der Waals surface area contributed by atoms with Crippen molar-refractivity contribution in [3.05, 3.63) is 0 Å². The summed E-state index contributed by atoms with van der Waals surface area (Å²) in [6.07, 6.45) is 4.15. The van der Waals surface area contributed by atoms with E-state index in [1.165, 1.54) is 0 Å². The second kappa shape index (κ2) is 7.20. The molecule has 2 saturated heterocycles. The van der Waals surface area contributed by atoms with Crippen LogP contribution in [0, 0.1) is 11.8 Å². The molecule has 1 N–H and O–H groups in total. The standard InChI is InChI=1S/C14H29N3O2S/c1-3-16(12-14-4-8-15-9-5-14)20(18,19)17-10-6-13(2)7-11-17/h13-15H,3-12H2,1-2H3. The molecule has 2 aliphatic heterocycles. The van der Waals surface area contributed by atoms with Gasteiger partial charge in [0.25, 0.3) is 10.2 Å². The molecule has 0 aromatic carbocycles. The number of nitrogens with one attached hydrogen (secondary N) is 1. The normalized spacial score (nSPS) is 24.4. The molecule has 0 radical (unpaired) electrons. The van der Waals surface area contributed by atoms with Crippen LogP contribution in [0.4, 0.5) is 0 Å². The van der Waals surface area contributed by atoms with E-state index in [9.17, 15) is 8.42 Å². The highest BCUT2D eigenvalue weighted by atomic mass is 32.2. The molecule has 0 amide bonds. The van der Waals surface area contributed by atoms with E-state index in [0.717, 1.165) is 38.8 Å². The maximum absolute atomic E-state index is 12.7. The zero-order chi connectivity index (χ0) is 14.6. The summed E-state index contributed by atoms with van der Waals surface area (Å²) in [5, 5.41) is 3.33. The highest BCUT2D eigenvalue weighted by Crippen LogP contribution is 2.22. The monoisotopic (exact) mass is 303 g/mol. The Morgan fingerprint density at radius 3 is 2.30 bits per heavy atom. The van der Waals surface area contributed by atoms with E-state index in [0.29, 0.717) is 38.0 Å². The van der Waals surface area contributed by atoms with Gasteiger partial charge in [-0.15, -0.1) is 0 Å². The molecule has 0 aromatic rings. The lowest BCUT2D eigenvalue weighted by Gasteiger charge is -2.35. The van der Waals surface area contributed by atoms with Crippen molar-refractivity contribution in [3.8, 4) is 0 Å². The van der Waals surface area contributed by atoms with Crippen molar-refractivity contribution >= 4 is 10.2 Å². The van der Waals surface area contributed by atoms with Gasteiger partial charge in [0.1, 0.15) is 0 Å². The summed E-state index contributed by atoms with van der Waals surface area (Å²) in [6, 6.07) is 0. The van der Waals surface area contributed by atoms with Crippen LogP contribution < -0.4 is 5.32 Å². The minimum Gasteiger partial charge on any atom is -0.317 e. The van der Waals surface area contributed by atoms with E-state index in [2.05, 4.69) is 12.2 Å². The lowest BCUT2D eigenvalue weighted by atomic mass is 9.98. The van der Waals surface area contributed by atoms with Crippen molar-refractivity contribution in [2.75, 3.05) is 39.3 Å². The van der Waals surface area contributed by atoms with Crippen molar-refractivity contribution in [2.45, 2.75) is 39.5 Å². The van der Waals surface area contributed by atoms with Gasteiger partial charge in [-0.2, -0.15) is 17.0 Å². The van der Waals surface area contributed by atoms with Crippen molar-refractivity contribution in [1.29, 1.82) is 0 Å². The largest absolute Gasteiger partial charge is 0.317 e. The van der Waals surface area contributed by atoms with Gasteiger partial charge >= 0.3 is 0 Å². The predicted octanol–water partition coefficient (Wildman–Crippen LogP) is 1.28. The van der Waals surface area contributed by atoms with Crippen molar-refractivity contribution in [1.82, 2.24) is 13.9 Å². The topological polar surface area (TPSA) is 52.7 Å². The summed E-state index contributed by atoms with van der Waals surface area (Å²) in [5.74, 6) is 1.16. The van der Waals surface area contributed by atoms with E-state index in [4.69, 9.17) is 0 Å². The smallest absolute Gasteiger partial charge is 0.281 e. The van der Waals surface area contributed by atoms with E-state index in [1.54, 1.807) is 8.61 Å². The van der Waals surface area contributed by atoms with Crippen molar-refractivity contribution in [3.63, 3.8) is 0 Å². The van der Waals surface area contributed by atoms with Crippen LogP contribution in [0.25, 0.3) is 0 Å². The molecule has 2 aliphatic rings. The second-order valence-corrected chi connectivity index (χ2v) is 8.16. The zero-order valence-corrected chi connectivity index (χ0v) is 13.7. The van der Waals surface area contributed by atoms with Crippen molar-refractivity contribution in [2.24, 2.45) is 11.8 Å².